The van der Waals surface area contributed by atoms with E-state index in [2.05, 4.69) is 46.4 Å². The first-order valence-corrected chi connectivity index (χ1v) is 7.24. The molecule has 2 N–H and O–H groups in total. The van der Waals surface area contributed by atoms with Crippen molar-refractivity contribution in [3.63, 3.8) is 0 Å². The second kappa shape index (κ2) is 5.48. The van der Waals surface area contributed by atoms with E-state index in [0.717, 1.165) is 26.2 Å². The first kappa shape index (κ1) is 15.9. The van der Waals surface area contributed by atoms with Crippen LogP contribution in [0.3, 0.4) is 0 Å². The summed E-state index contributed by atoms with van der Waals surface area (Å²) in [5.74, 6) is 0. The van der Waals surface area contributed by atoms with Gasteiger partial charge in [0.05, 0.1) is 11.2 Å². The molecule has 1 aliphatic rings. The van der Waals surface area contributed by atoms with Crippen LogP contribution in [0.1, 0.15) is 54.4 Å². The lowest BCUT2D eigenvalue weighted by atomic mass is 9.84. The Morgan fingerprint density at radius 2 is 1.67 bits per heavy atom. The largest absolute Gasteiger partial charge is 0.367 e. The standard InChI is InChI=1S/C15H32N2O/c1-7-8-15(6,9-16)12-17-10-13(2,3)18-14(4,5)11-17/h7-12,16H2,1-6H3. The van der Waals surface area contributed by atoms with E-state index in [-0.39, 0.29) is 16.6 Å². The quantitative estimate of drug-likeness (QED) is 0.822. The average Bonchev–Trinajstić information content (AvgIpc) is 2.12. The van der Waals surface area contributed by atoms with Gasteiger partial charge in [0.1, 0.15) is 0 Å². The van der Waals surface area contributed by atoms with Crippen LogP contribution in [0.5, 0.6) is 0 Å². The van der Waals surface area contributed by atoms with E-state index < -0.39 is 0 Å². The summed E-state index contributed by atoms with van der Waals surface area (Å²) in [7, 11) is 0. The third kappa shape index (κ3) is 4.52. The molecule has 1 rings (SSSR count). The van der Waals surface area contributed by atoms with E-state index in [4.69, 9.17) is 10.5 Å². The third-order valence-electron chi connectivity index (χ3n) is 3.71. The Balaban J connectivity index is 2.71. The number of hydrogen-bond donors (Lipinski definition) is 1. The summed E-state index contributed by atoms with van der Waals surface area (Å²) in [6.07, 6.45) is 2.40. The minimum Gasteiger partial charge on any atom is -0.367 e. The maximum Gasteiger partial charge on any atom is 0.0760 e. The molecule has 0 spiro atoms. The number of rotatable bonds is 5. The zero-order valence-corrected chi connectivity index (χ0v) is 13.2. The van der Waals surface area contributed by atoms with Crippen LogP contribution in [0, 0.1) is 5.41 Å². The second-order valence-corrected chi connectivity index (χ2v) is 7.53. The van der Waals surface area contributed by atoms with E-state index in [0.29, 0.717) is 0 Å². The Hall–Kier alpha value is -0.120. The van der Waals surface area contributed by atoms with Crippen molar-refractivity contribution in [2.45, 2.75) is 65.6 Å². The molecule has 1 atom stereocenters. The van der Waals surface area contributed by atoms with Crippen molar-refractivity contribution in [2.75, 3.05) is 26.2 Å². The number of nitrogens with zero attached hydrogens (tertiary/aromatic N) is 1. The molecule has 0 radical (unpaired) electrons. The summed E-state index contributed by atoms with van der Waals surface area (Å²) in [6, 6.07) is 0. The van der Waals surface area contributed by atoms with Crippen LogP contribution in [0.15, 0.2) is 0 Å². The van der Waals surface area contributed by atoms with Crippen LogP contribution in [0.25, 0.3) is 0 Å². The zero-order valence-electron chi connectivity index (χ0n) is 13.2. The van der Waals surface area contributed by atoms with Crippen molar-refractivity contribution in [1.82, 2.24) is 4.90 Å². The van der Waals surface area contributed by atoms with Crippen molar-refractivity contribution in [2.24, 2.45) is 11.1 Å². The van der Waals surface area contributed by atoms with Crippen molar-refractivity contribution in [3.8, 4) is 0 Å². The molecular weight excluding hydrogens is 224 g/mol. The number of nitrogens with two attached hydrogens (primary N) is 1. The van der Waals surface area contributed by atoms with Crippen LogP contribution >= 0.6 is 0 Å². The van der Waals surface area contributed by atoms with Gasteiger partial charge >= 0.3 is 0 Å². The molecule has 0 aromatic rings. The molecule has 3 nitrogen and oxygen atoms in total. The fourth-order valence-electron chi connectivity index (χ4n) is 3.45. The van der Waals surface area contributed by atoms with Gasteiger partial charge < -0.3 is 10.5 Å². The first-order valence-electron chi connectivity index (χ1n) is 7.24. The van der Waals surface area contributed by atoms with Crippen LogP contribution in [-0.4, -0.2) is 42.3 Å². The van der Waals surface area contributed by atoms with Crippen molar-refractivity contribution >= 4 is 0 Å². The molecule has 1 heterocycles. The van der Waals surface area contributed by atoms with Gasteiger partial charge in [-0.1, -0.05) is 20.3 Å². The van der Waals surface area contributed by atoms with Gasteiger partial charge in [-0.3, -0.25) is 4.90 Å². The van der Waals surface area contributed by atoms with Gasteiger partial charge in [0, 0.05) is 19.6 Å². The van der Waals surface area contributed by atoms with E-state index in [1.807, 2.05) is 0 Å². The summed E-state index contributed by atoms with van der Waals surface area (Å²) >= 11 is 0. The predicted octanol–water partition coefficient (Wildman–Crippen LogP) is 2.64. The van der Waals surface area contributed by atoms with E-state index in [1.54, 1.807) is 0 Å². The summed E-state index contributed by atoms with van der Waals surface area (Å²) in [5, 5.41) is 0. The highest BCUT2D eigenvalue weighted by atomic mass is 16.5. The van der Waals surface area contributed by atoms with Crippen LogP contribution in [-0.2, 0) is 4.74 Å². The zero-order chi connectivity index (χ0) is 14.0. The highest BCUT2D eigenvalue weighted by molar-refractivity contribution is 4.91. The monoisotopic (exact) mass is 256 g/mol. The Morgan fingerprint density at radius 1 is 1.17 bits per heavy atom. The van der Waals surface area contributed by atoms with Crippen LogP contribution < -0.4 is 5.73 Å². The van der Waals surface area contributed by atoms with Gasteiger partial charge in [-0.25, -0.2) is 0 Å². The summed E-state index contributed by atoms with van der Waals surface area (Å²) < 4.78 is 6.13. The first-order chi connectivity index (χ1) is 8.11. The van der Waals surface area contributed by atoms with E-state index >= 15 is 0 Å². The average molecular weight is 256 g/mol. The second-order valence-electron chi connectivity index (χ2n) is 7.53. The summed E-state index contributed by atoms with van der Waals surface area (Å²) in [6.45, 7) is 17.1. The van der Waals surface area contributed by atoms with Gasteiger partial charge in [0.25, 0.3) is 0 Å². The highest BCUT2D eigenvalue weighted by Gasteiger charge is 2.39. The fraction of sp³-hybridized carbons (Fsp3) is 1.00. The molecule has 1 fully saturated rings. The van der Waals surface area contributed by atoms with Gasteiger partial charge in [-0.15, -0.1) is 0 Å². The van der Waals surface area contributed by atoms with E-state index in [9.17, 15) is 0 Å². The molecule has 1 aliphatic heterocycles. The molecular formula is C15H32N2O. The highest BCUT2D eigenvalue weighted by Crippen LogP contribution is 2.31. The van der Waals surface area contributed by atoms with Crippen LogP contribution in [0.2, 0.25) is 0 Å². The minimum atomic E-state index is -0.0660. The molecule has 0 aromatic heterocycles. The Morgan fingerprint density at radius 3 is 2.06 bits per heavy atom. The molecule has 0 saturated carbocycles. The van der Waals surface area contributed by atoms with Gasteiger partial charge in [-0.2, -0.15) is 0 Å². The molecule has 3 heteroatoms. The smallest absolute Gasteiger partial charge is 0.0760 e. The Bertz CT molecular complexity index is 260. The summed E-state index contributed by atoms with van der Waals surface area (Å²) in [5.41, 5.74) is 6.09. The maximum atomic E-state index is 6.13. The molecule has 108 valence electrons. The van der Waals surface area contributed by atoms with Crippen molar-refractivity contribution < 1.29 is 4.74 Å². The van der Waals surface area contributed by atoms with Gasteiger partial charge in [0.15, 0.2) is 0 Å². The van der Waals surface area contributed by atoms with Gasteiger partial charge in [-0.05, 0) is 46.1 Å². The predicted molar refractivity (Wildman–Crippen MR) is 77.8 cm³/mol. The topological polar surface area (TPSA) is 38.5 Å². The number of hydrogen-bond acceptors (Lipinski definition) is 3. The maximum absolute atomic E-state index is 6.13. The van der Waals surface area contributed by atoms with Crippen molar-refractivity contribution in [3.05, 3.63) is 0 Å². The van der Waals surface area contributed by atoms with E-state index in [1.165, 1.54) is 12.8 Å². The lowest BCUT2D eigenvalue weighted by molar-refractivity contribution is -0.184. The normalized spacial score (nSPS) is 26.8. The molecule has 1 saturated heterocycles. The lowest BCUT2D eigenvalue weighted by Gasteiger charge is -2.49. The molecule has 1 unspecified atom stereocenters. The lowest BCUT2D eigenvalue weighted by Crippen LogP contribution is -2.59. The van der Waals surface area contributed by atoms with Crippen LogP contribution in [0.4, 0.5) is 0 Å². The molecule has 0 aliphatic carbocycles. The number of morpholine rings is 1. The fourth-order valence-corrected chi connectivity index (χ4v) is 3.45. The molecule has 0 amide bonds. The SMILES string of the molecule is CCCC(C)(CN)CN1CC(C)(C)OC(C)(C)C1. The molecule has 0 aromatic carbocycles. The Kier molecular flexibility index (Phi) is 4.85. The molecule has 0 bridgehead atoms. The van der Waals surface area contributed by atoms with Gasteiger partial charge in [0.2, 0.25) is 0 Å². The van der Waals surface area contributed by atoms with Crippen molar-refractivity contribution in [1.29, 1.82) is 0 Å². The molecule has 18 heavy (non-hydrogen) atoms. The summed E-state index contributed by atoms with van der Waals surface area (Å²) in [4.78, 5) is 2.53. The number of ether oxygens (including phenoxy) is 1. The Labute approximate surface area is 113 Å². The third-order valence-corrected chi connectivity index (χ3v) is 3.71. The minimum absolute atomic E-state index is 0.0660.